The zero-order valence-electron chi connectivity index (χ0n) is 8.76. The van der Waals surface area contributed by atoms with Crippen LogP contribution in [0.2, 0.25) is 0 Å². The normalized spacial score (nSPS) is 19.2. The molecule has 0 aromatic rings. The molecular weight excluding hydrogens is 160 g/mol. The Morgan fingerprint density at radius 2 is 2.15 bits per heavy atom. The van der Waals surface area contributed by atoms with E-state index in [9.17, 15) is 0 Å². The van der Waals surface area contributed by atoms with E-state index in [2.05, 4.69) is 23.7 Å². The van der Waals surface area contributed by atoms with Crippen LogP contribution in [0.3, 0.4) is 0 Å². The maximum absolute atomic E-state index is 3.77. The molecule has 1 aliphatic heterocycles. The van der Waals surface area contributed by atoms with Gasteiger partial charge in [-0.25, -0.2) is 0 Å². The van der Waals surface area contributed by atoms with Crippen molar-refractivity contribution >= 4 is 0 Å². The highest BCUT2D eigenvalue weighted by Crippen LogP contribution is 2.11. The van der Waals surface area contributed by atoms with E-state index in [1.165, 1.54) is 39.0 Å². The zero-order chi connectivity index (χ0) is 9.52. The van der Waals surface area contributed by atoms with Crippen molar-refractivity contribution in [3.8, 4) is 0 Å². The highest BCUT2D eigenvalue weighted by Gasteiger charge is 2.18. The molecular formula is C11H22N2. The smallest absolute Gasteiger partial charge is 0.0119 e. The predicted octanol–water partition coefficient (Wildman–Crippen LogP) is 1.64. The van der Waals surface area contributed by atoms with Gasteiger partial charge in [0.15, 0.2) is 0 Å². The number of nitrogens with one attached hydrogen (secondary N) is 1. The zero-order valence-corrected chi connectivity index (χ0v) is 8.76. The quantitative estimate of drug-likeness (QED) is 0.650. The summed E-state index contributed by atoms with van der Waals surface area (Å²) in [5, 5.41) is 3.40. The minimum Gasteiger partial charge on any atom is -0.317 e. The summed E-state index contributed by atoms with van der Waals surface area (Å²) in [7, 11) is 0. The van der Waals surface area contributed by atoms with E-state index in [0.29, 0.717) is 0 Å². The number of hydrogen-bond donors (Lipinski definition) is 1. The maximum Gasteiger partial charge on any atom is 0.0119 e. The SMILES string of the molecule is C=CCCN(CC)C1CCNCC1. The Morgan fingerprint density at radius 3 is 2.69 bits per heavy atom. The lowest BCUT2D eigenvalue weighted by Crippen LogP contribution is -2.43. The van der Waals surface area contributed by atoms with Crippen LogP contribution < -0.4 is 5.32 Å². The molecule has 1 heterocycles. The molecule has 1 aliphatic rings. The third-order valence-electron chi connectivity index (χ3n) is 2.85. The van der Waals surface area contributed by atoms with E-state index in [-0.39, 0.29) is 0 Å². The van der Waals surface area contributed by atoms with Crippen LogP contribution in [-0.2, 0) is 0 Å². The molecule has 0 saturated carbocycles. The van der Waals surface area contributed by atoms with Gasteiger partial charge in [0.05, 0.1) is 0 Å². The summed E-state index contributed by atoms with van der Waals surface area (Å²) in [6.07, 6.45) is 5.76. The van der Waals surface area contributed by atoms with E-state index in [1.54, 1.807) is 0 Å². The van der Waals surface area contributed by atoms with Crippen LogP contribution in [-0.4, -0.2) is 37.1 Å². The molecule has 0 radical (unpaired) electrons. The van der Waals surface area contributed by atoms with Crippen molar-refractivity contribution in [1.29, 1.82) is 0 Å². The molecule has 2 heteroatoms. The molecule has 0 bridgehead atoms. The molecule has 0 amide bonds. The lowest BCUT2D eigenvalue weighted by atomic mass is 10.0. The molecule has 0 spiro atoms. The summed E-state index contributed by atoms with van der Waals surface area (Å²) in [6.45, 7) is 10.8. The van der Waals surface area contributed by atoms with E-state index >= 15 is 0 Å². The number of hydrogen-bond acceptors (Lipinski definition) is 2. The van der Waals surface area contributed by atoms with Gasteiger partial charge in [0.2, 0.25) is 0 Å². The first-order chi connectivity index (χ1) is 6.38. The molecule has 0 aromatic carbocycles. The van der Waals surface area contributed by atoms with E-state index in [1.807, 2.05) is 6.08 Å². The Hall–Kier alpha value is -0.340. The molecule has 1 saturated heterocycles. The van der Waals surface area contributed by atoms with Gasteiger partial charge in [0.25, 0.3) is 0 Å². The van der Waals surface area contributed by atoms with Crippen molar-refractivity contribution in [3.05, 3.63) is 12.7 Å². The Bertz CT molecular complexity index is 139. The van der Waals surface area contributed by atoms with Gasteiger partial charge in [0.1, 0.15) is 0 Å². The molecule has 1 fully saturated rings. The van der Waals surface area contributed by atoms with Crippen LogP contribution in [0, 0.1) is 0 Å². The fraction of sp³-hybridized carbons (Fsp3) is 0.818. The van der Waals surface area contributed by atoms with Gasteiger partial charge >= 0.3 is 0 Å². The van der Waals surface area contributed by atoms with Crippen molar-refractivity contribution in [2.75, 3.05) is 26.2 Å². The van der Waals surface area contributed by atoms with Gasteiger partial charge in [-0.15, -0.1) is 6.58 Å². The molecule has 2 nitrogen and oxygen atoms in total. The summed E-state index contributed by atoms with van der Waals surface area (Å²) in [6, 6.07) is 0.811. The summed E-state index contributed by atoms with van der Waals surface area (Å²) in [4.78, 5) is 2.59. The van der Waals surface area contributed by atoms with Gasteiger partial charge in [-0.3, -0.25) is 0 Å². The Morgan fingerprint density at radius 1 is 1.46 bits per heavy atom. The Balaban J connectivity index is 2.29. The first-order valence-electron chi connectivity index (χ1n) is 5.44. The third kappa shape index (κ3) is 3.49. The van der Waals surface area contributed by atoms with Gasteiger partial charge in [-0.1, -0.05) is 13.0 Å². The second-order valence-electron chi connectivity index (χ2n) is 3.69. The first-order valence-corrected chi connectivity index (χ1v) is 5.44. The van der Waals surface area contributed by atoms with Crippen LogP contribution in [0.4, 0.5) is 0 Å². The van der Waals surface area contributed by atoms with Crippen molar-refractivity contribution in [3.63, 3.8) is 0 Å². The molecule has 0 unspecified atom stereocenters. The van der Waals surface area contributed by atoms with Gasteiger partial charge in [0, 0.05) is 12.6 Å². The van der Waals surface area contributed by atoms with Gasteiger partial charge < -0.3 is 10.2 Å². The van der Waals surface area contributed by atoms with E-state index in [0.717, 1.165) is 12.5 Å². The average molecular weight is 182 g/mol. The fourth-order valence-electron chi connectivity index (χ4n) is 2.03. The highest BCUT2D eigenvalue weighted by molar-refractivity contribution is 4.79. The van der Waals surface area contributed by atoms with Crippen LogP contribution in [0.1, 0.15) is 26.2 Å². The average Bonchev–Trinajstić information content (AvgIpc) is 2.21. The molecule has 13 heavy (non-hydrogen) atoms. The van der Waals surface area contributed by atoms with Crippen LogP contribution in [0.5, 0.6) is 0 Å². The monoisotopic (exact) mass is 182 g/mol. The van der Waals surface area contributed by atoms with Crippen molar-refractivity contribution in [1.82, 2.24) is 10.2 Å². The first kappa shape index (κ1) is 10.7. The van der Waals surface area contributed by atoms with E-state index in [4.69, 9.17) is 0 Å². The maximum atomic E-state index is 3.77. The third-order valence-corrected chi connectivity index (χ3v) is 2.85. The van der Waals surface area contributed by atoms with Crippen molar-refractivity contribution < 1.29 is 0 Å². The van der Waals surface area contributed by atoms with E-state index < -0.39 is 0 Å². The van der Waals surface area contributed by atoms with Gasteiger partial charge in [-0.05, 0) is 38.9 Å². The van der Waals surface area contributed by atoms with Crippen LogP contribution >= 0.6 is 0 Å². The predicted molar refractivity (Wildman–Crippen MR) is 58.0 cm³/mol. The van der Waals surface area contributed by atoms with Crippen molar-refractivity contribution in [2.45, 2.75) is 32.2 Å². The molecule has 1 N–H and O–H groups in total. The number of rotatable bonds is 5. The molecule has 1 rings (SSSR count). The second kappa shape index (κ2) is 6.17. The van der Waals surface area contributed by atoms with Crippen LogP contribution in [0.25, 0.3) is 0 Å². The largest absolute Gasteiger partial charge is 0.317 e. The highest BCUT2D eigenvalue weighted by atomic mass is 15.2. The molecule has 0 atom stereocenters. The summed E-state index contributed by atoms with van der Waals surface area (Å²) >= 11 is 0. The lowest BCUT2D eigenvalue weighted by molar-refractivity contribution is 0.173. The lowest BCUT2D eigenvalue weighted by Gasteiger charge is -2.33. The van der Waals surface area contributed by atoms with Crippen molar-refractivity contribution in [2.24, 2.45) is 0 Å². The number of piperidine rings is 1. The summed E-state index contributed by atoms with van der Waals surface area (Å²) in [5.41, 5.74) is 0. The number of nitrogens with zero attached hydrogens (tertiary/aromatic N) is 1. The fourth-order valence-corrected chi connectivity index (χ4v) is 2.03. The Labute approximate surface area is 82.0 Å². The summed E-state index contributed by atoms with van der Waals surface area (Å²) in [5.74, 6) is 0. The van der Waals surface area contributed by atoms with Crippen LogP contribution in [0.15, 0.2) is 12.7 Å². The summed E-state index contributed by atoms with van der Waals surface area (Å²) < 4.78 is 0. The minimum absolute atomic E-state index is 0.811. The second-order valence-corrected chi connectivity index (χ2v) is 3.69. The molecule has 76 valence electrons. The standard InChI is InChI=1S/C11H22N2/c1-3-5-10-13(4-2)11-6-8-12-9-7-11/h3,11-12H,1,4-10H2,2H3. The van der Waals surface area contributed by atoms with Gasteiger partial charge in [-0.2, -0.15) is 0 Å². The molecule has 0 aliphatic carbocycles. The molecule has 0 aromatic heterocycles. The topological polar surface area (TPSA) is 15.3 Å². The minimum atomic E-state index is 0.811. The Kier molecular flexibility index (Phi) is 5.09.